The molecule has 94 valence electrons. The Kier molecular flexibility index (Phi) is 6.19. The van der Waals surface area contributed by atoms with Crippen molar-refractivity contribution in [2.45, 2.75) is 6.10 Å². The molecular formula is C10H12ClNO5. The van der Waals surface area contributed by atoms with Crippen LogP contribution >= 0.6 is 12.4 Å². The minimum absolute atomic E-state index is 0. The predicted molar refractivity (Wildman–Crippen MR) is 61.6 cm³/mol. The second kappa shape index (κ2) is 6.85. The fraction of sp³-hybridized carbons (Fsp3) is 0.200. The fourth-order valence-corrected chi connectivity index (χ4v) is 0.972. The lowest BCUT2D eigenvalue weighted by Crippen LogP contribution is -2.29. The molecule has 7 heteroatoms. The molecule has 1 aromatic carbocycles. The number of carbonyl (C=O) groups excluding carboxylic acids is 2. The molecular weight excluding hydrogens is 250 g/mol. The second-order valence-electron chi connectivity index (χ2n) is 2.99. The average molecular weight is 262 g/mol. The monoisotopic (exact) mass is 261 g/mol. The highest BCUT2D eigenvalue weighted by Crippen LogP contribution is 2.12. The Morgan fingerprint density at radius 3 is 2.47 bits per heavy atom. The number of benzene rings is 1. The van der Waals surface area contributed by atoms with Crippen LogP contribution in [-0.4, -0.2) is 34.9 Å². The van der Waals surface area contributed by atoms with Crippen molar-refractivity contribution in [3.8, 4) is 0 Å². The zero-order valence-electron chi connectivity index (χ0n) is 8.70. The van der Waals surface area contributed by atoms with Gasteiger partial charge in [-0.3, -0.25) is 0 Å². The molecule has 4 N–H and O–H groups in total. The number of nitrogen functional groups attached to an aromatic ring is 1. The van der Waals surface area contributed by atoms with Gasteiger partial charge in [-0.2, -0.15) is 0 Å². The van der Waals surface area contributed by atoms with Crippen LogP contribution in [0.3, 0.4) is 0 Å². The maximum absolute atomic E-state index is 11.4. The van der Waals surface area contributed by atoms with Crippen LogP contribution in [0, 0.1) is 0 Å². The predicted octanol–water partition coefficient (Wildman–Crippen LogP) is -0.273. The van der Waals surface area contributed by atoms with Crippen LogP contribution in [0.25, 0.3) is 0 Å². The SMILES string of the molecule is Cl.Nc1ccccc1C(=O)OC(=O)C(O)CO. The molecule has 0 amide bonds. The number of esters is 2. The molecule has 1 atom stereocenters. The molecule has 0 aliphatic heterocycles. The molecule has 0 saturated heterocycles. The van der Waals surface area contributed by atoms with E-state index in [-0.39, 0.29) is 23.7 Å². The third-order valence-electron chi connectivity index (χ3n) is 1.82. The van der Waals surface area contributed by atoms with E-state index in [4.69, 9.17) is 15.9 Å². The van der Waals surface area contributed by atoms with E-state index >= 15 is 0 Å². The van der Waals surface area contributed by atoms with Crippen LogP contribution in [0.5, 0.6) is 0 Å². The van der Waals surface area contributed by atoms with E-state index in [0.29, 0.717) is 0 Å². The van der Waals surface area contributed by atoms with Crippen molar-refractivity contribution in [3.05, 3.63) is 29.8 Å². The lowest BCUT2D eigenvalue weighted by Gasteiger charge is -2.07. The van der Waals surface area contributed by atoms with Gasteiger partial charge in [0.1, 0.15) is 0 Å². The number of halogens is 1. The summed E-state index contributed by atoms with van der Waals surface area (Å²) < 4.78 is 4.30. The second-order valence-corrected chi connectivity index (χ2v) is 2.99. The molecule has 0 saturated carbocycles. The summed E-state index contributed by atoms with van der Waals surface area (Å²) in [5.41, 5.74) is 5.68. The number of ether oxygens (including phenoxy) is 1. The molecule has 17 heavy (non-hydrogen) atoms. The lowest BCUT2D eigenvalue weighted by atomic mass is 10.2. The number of hydrogen-bond acceptors (Lipinski definition) is 6. The van der Waals surface area contributed by atoms with E-state index < -0.39 is 24.6 Å². The van der Waals surface area contributed by atoms with Gasteiger partial charge < -0.3 is 20.7 Å². The van der Waals surface area contributed by atoms with Crippen LogP contribution < -0.4 is 5.73 Å². The van der Waals surface area contributed by atoms with E-state index in [2.05, 4.69) is 4.74 Å². The van der Waals surface area contributed by atoms with Crippen molar-refractivity contribution in [2.75, 3.05) is 12.3 Å². The van der Waals surface area contributed by atoms with Gasteiger partial charge in [0.05, 0.1) is 12.2 Å². The first-order chi connectivity index (χ1) is 7.56. The van der Waals surface area contributed by atoms with Crippen LogP contribution in [0.2, 0.25) is 0 Å². The third kappa shape index (κ3) is 4.03. The fourth-order valence-electron chi connectivity index (χ4n) is 0.972. The first-order valence-corrected chi connectivity index (χ1v) is 4.45. The van der Waals surface area contributed by atoms with Crippen LogP contribution in [0.4, 0.5) is 5.69 Å². The summed E-state index contributed by atoms with van der Waals surface area (Å²) in [6, 6.07) is 6.04. The first-order valence-electron chi connectivity index (χ1n) is 4.45. The smallest absolute Gasteiger partial charge is 0.347 e. The number of hydrogen-bond donors (Lipinski definition) is 3. The first kappa shape index (κ1) is 15.4. The Hall–Kier alpha value is -1.63. The minimum atomic E-state index is -1.73. The van der Waals surface area contributed by atoms with E-state index in [1.807, 2.05) is 0 Å². The lowest BCUT2D eigenvalue weighted by molar-refractivity contribution is -0.149. The Bertz CT molecular complexity index is 409. The molecule has 0 aromatic heterocycles. The summed E-state index contributed by atoms with van der Waals surface area (Å²) in [7, 11) is 0. The Balaban J connectivity index is 0.00000256. The number of aliphatic hydroxyl groups is 2. The standard InChI is InChI=1S/C10H11NO5.ClH/c11-7-4-2-1-3-6(7)9(14)16-10(15)8(13)5-12;/h1-4,8,12-13H,5,11H2;1H. The summed E-state index contributed by atoms with van der Waals surface area (Å²) in [5, 5.41) is 17.3. The van der Waals surface area contributed by atoms with Crippen molar-refractivity contribution >= 4 is 30.0 Å². The molecule has 0 fully saturated rings. The molecule has 0 aliphatic rings. The van der Waals surface area contributed by atoms with Crippen molar-refractivity contribution < 1.29 is 24.5 Å². The highest BCUT2D eigenvalue weighted by molar-refractivity contribution is 6.01. The molecule has 1 rings (SSSR count). The van der Waals surface area contributed by atoms with E-state index in [1.165, 1.54) is 12.1 Å². The van der Waals surface area contributed by atoms with Crippen molar-refractivity contribution in [1.82, 2.24) is 0 Å². The van der Waals surface area contributed by atoms with Crippen molar-refractivity contribution in [1.29, 1.82) is 0 Å². The Morgan fingerprint density at radius 2 is 1.94 bits per heavy atom. The molecule has 1 aromatic rings. The molecule has 0 radical (unpaired) electrons. The number of aliphatic hydroxyl groups excluding tert-OH is 2. The van der Waals surface area contributed by atoms with Crippen LogP contribution in [-0.2, 0) is 9.53 Å². The number of anilines is 1. The number of carbonyl (C=O) groups is 2. The van der Waals surface area contributed by atoms with E-state index in [9.17, 15) is 9.59 Å². The highest BCUT2D eigenvalue weighted by atomic mass is 35.5. The topological polar surface area (TPSA) is 110 Å². The van der Waals surface area contributed by atoms with Crippen LogP contribution in [0.15, 0.2) is 24.3 Å². The summed E-state index contributed by atoms with van der Waals surface area (Å²) in [6.45, 7) is -0.809. The Morgan fingerprint density at radius 1 is 1.35 bits per heavy atom. The van der Waals surface area contributed by atoms with Gasteiger partial charge in [-0.1, -0.05) is 12.1 Å². The molecule has 0 heterocycles. The number of rotatable bonds is 3. The largest absolute Gasteiger partial charge is 0.398 e. The number of para-hydroxylation sites is 1. The van der Waals surface area contributed by atoms with Gasteiger partial charge in [0, 0.05) is 5.69 Å². The zero-order valence-corrected chi connectivity index (χ0v) is 9.52. The van der Waals surface area contributed by atoms with E-state index in [0.717, 1.165) is 0 Å². The van der Waals surface area contributed by atoms with Crippen molar-refractivity contribution in [3.63, 3.8) is 0 Å². The van der Waals surface area contributed by atoms with Gasteiger partial charge in [0.25, 0.3) is 0 Å². The summed E-state index contributed by atoms with van der Waals surface area (Å²) in [6.07, 6.45) is -1.73. The maximum atomic E-state index is 11.4. The van der Waals surface area contributed by atoms with Gasteiger partial charge >= 0.3 is 11.9 Å². The summed E-state index contributed by atoms with van der Waals surface area (Å²) in [5.74, 6) is -2.17. The quantitative estimate of drug-likeness (QED) is 0.392. The van der Waals surface area contributed by atoms with Gasteiger partial charge in [0.15, 0.2) is 6.10 Å². The van der Waals surface area contributed by atoms with Crippen molar-refractivity contribution in [2.24, 2.45) is 0 Å². The van der Waals surface area contributed by atoms with Gasteiger partial charge in [-0.05, 0) is 12.1 Å². The average Bonchev–Trinajstić information content (AvgIpc) is 2.28. The molecule has 0 aliphatic carbocycles. The third-order valence-corrected chi connectivity index (χ3v) is 1.82. The molecule has 1 unspecified atom stereocenters. The maximum Gasteiger partial charge on any atom is 0.347 e. The van der Waals surface area contributed by atoms with Gasteiger partial charge in [-0.15, -0.1) is 12.4 Å². The highest BCUT2D eigenvalue weighted by Gasteiger charge is 2.21. The Labute approximate surface area is 103 Å². The molecule has 6 nitrogen and oxygen atoms in total. The van der Waals surface area contributed by atoms with E-state index in [1.54, 1.807) is 12.1 Å². The molecule has 0 bridgehead atoms. The zero-order chi connectivity index (χ0) is 12.1. The minimum Gasteiger partial charge on any atom is -0.398 e. The number of nitrogens with two attached hydrogens (primary N) is 1. The molecule has 0 spiro atoms. The summed E-state index contributed by atoms with van der Waals surface area (Å²) >= 11 is 0. The summed E-state index contributed by atoms with van der Waals surface area (Å²) in [4.78, 5) is 22.4. The van der Waals surface area contributed by atoms with Gasteiger partial charge in [0.2, 0.25) is 0 Å². The van der Waals surface area contributed by atoms with Crippen LogP contribution in [0.1, 0.15) is 10.4 Å². The normalized spacial score (nSPS) is 11.2. The van der Waals surface area contributed by atoms with Gasteiger partial charge in [-0.25, -0.2) is 9.59 Å².